The maximum absolute atomic E-state index is 15.5. The van der Waals surface area contributed by atoms with E-state index in [-0.39, 0.29) is 18.1 Å². The average Bonchev–Trinajstić information content (AvgIpc) is 3.00. The molecule has 1 amide bonds. The summed E-state index contributed by atoms with van der Waals surface area (Å²) in [7, 11) is 0. The smallest absolute Gasteiger partial charge is 0.278 e. The van der Waals surface area contributed by atoms with Gasteiger partial charge in [-0.3, -0.25) is 19.3 Å². The summed E-state index contributed by atoms with van der Waals surface area (Å²) < 4.78 is 22.8. The second-order valence-corrected chi connectivity index (χ2v) is 9.21. The number of hydrogen-bond donors (Lipinski definition) is 1. The van der Waals surface area contributed by atoms with Crippen molar-refractivity contribution in [1.29, 1.82) is 0 Å². The molecular formula is C24H20FN3O4S. The van der Waals surface area contributed by atoms with Gasteiger partial charge >= 0.3 is 0 Å². The molecule has 1 saturated heterocycles. The molecule has 6 rings (SSSR count). The molecule has 1 aromatic heterocycles. The molecule has 1 fully saturated rings. The Morgan fingerprint density at radius 3 is 2.82 bits per heavy atom. The molecule has 0 bridgehead atoms. The molecule has 3 aliphatic heterocycles. The third kappa shape index (κ3) is 2.99. The Bertz CT molecular complexity index is 1340. The van der Waals surface area contributed by atoms with Crippen LogP contribution in [0.2, 0.25) is 0 Å². The lowest BCUT2D eigenvalue weighted by Crippen LogP contribution is -2.66. The summed E-state index contributed by atoms with van der Waals surface area (Å²) in [5.74, 6) is -0.801. The summed E-state index contributed by atoms with van der Waals surface area (Å²) in [6, 6.07) is 13.5. The normalized spacial score (nSPS) is 21.5. The van der Waals surface area contributed by atoms with Gasteiger partial charge < -0.3 is 14.7 Å². The van der Waals surface area contributed by atoms with Crippen LogP contribution in [0, 0.1) is 5.82 Å². The van der Waals surface area contributed by atoms with Gasteiger partial charge in [0, 0.05) is 35.0 Å². The number of ether oxygens (including phenoxy) is 1. The number of thioether (sulfide) groups is 1. The van der Waals surface area contributed by atoms with Crippen LogP contribution in [0.4, 0.5) is 4.39 Å². The summed E-state index contributed by atoms with van der Waals surface area (Å²) in [6.45, 7) is 0.861. The van der Waals surface area contributed by atoms with E-state index in [1.807, 2.05) is 35.3 Å². The maximum Gasteiger partial charge on any atom is 0.278 e. The average molecular weight is 466 g/mol. The molecule has 3 aliphatic rings. The summed E-state index contributed by atoms with van der Waals surface area (Å²) in [6.07, 6.45) is 0.928. The molecule has 9 heteroatoms. The van der Waals surface area contributed by atoms with Gasteiger partial charge in [-0.1, -0.05) is 30.3 Å². The highest BCUT2D eigenvalue weighted by Gasteiger charge is 2.46. The lowest BCUT2D eigenvalue weighted by Gasteiger charge is -2.51. The van der Waals surface area contributed by atoms with Crippen molar-refractivity contribution >= 4 is 17.7 Å². The first-order valence-electron chi connectivity index (χ1n) is 10.7. The number of benzene rings is 2. The van der Waals surface area contributed by atoms with Crippen LogP contribution < -0.4 is 10.4 Å². The maximum atomic E-state index is 15.5. The third-order valence-electron chi connectivity index (χ3n) is 6.45. The Kier molecular flexibility index (Phi) is 4.70. The number of morpholine rings is 1. The minimum Gasteiger partial charge on any atom is -0.502 e. The van der Waals surface area contributed by atoms with Gasteiger partial charge in [0.05, 0.1) is 13.2 Å². The number of fused-ring (bicyclic) bond motifs is 4. The Labute approximate surface area is 193 Å². The fraction of sp³-hybridized carbons (Fsp3) is 0.250. The van der Waals surface area contributed by atoms with E-state index in [9.17, 15) is 14.7 Å². The fourth-order valence-corrected chi connectivity index (χ4v) is 6.05. The minimum atomic E-state index is -0.635. The number of nitrogens with zero attached hydrogens (tertiary/aromatic N) is 3. The van der Waals surface area contributed by atoms with Gasteiger partial charge in [0.1, 0.15) is 18.0 Å². The van der Waals surface area contributed by atoms with Gasteiger partial charge in [-0.25, -0.2) is 4.39 Å². The van der Waals surface area contributed by atoms with Crippen LogP contribution >= 0.6 is 11.8 Å². The fourth-order valence-electron chi connectivity index (χ4n) is 4.97. The van der Waals surface area contributed by atoms with Gasteiger partial charge in [-0.15, -0.1) is 11.8 Å². The lowest BCUT2D eigenvalue weighted by atomic mass is 9.93. The summed E-state index contributed by atoms with van der Waals surface area (Å²) in [4.78, 5) is 28.2. The first-order valence-corrected chi connectivity index (χ1v) is 11.7. The third-order valence-corrected chi connectivity index (χ3v) is 7.59. The van der Waals surface area contributed by atoms with Crippen molar-refractivity contribution in [1.82, 2.24) is 9.58 Å². The predicted molar refractivity (Wildman–Crippen MR) is 120 cm³/mol. The SMILES string of the molecule is O=C1c2c(O)c(=O)ccn2N([C@@H]2c3ccccc3SCc3cccc(F)c32)[C@@H]2COCCN12. The minimum absolute atomic E-state index is 0.118. The number of carbonyl (C=O) groups is 1. The molecule has 1 N–H and O–H groups in total. The highest BCUT2D eigenvalue weighted by atomic mass is 32.2. The van der Waals surface area contributed by atoms with E-state index >= 15 is 4.39 Å². The molecule has 0 aliphatic carbocycles. The molecule has 33 heavy (non-hydrogen) atoms. The van der Waals surface area contributed by atoms with Gasteiger partial charge in [-0.2, -0.15) is 0 Å². The van der Waals surface area contributed by atoms with E-state index in [2.05, 4.69) is 0 Å². The van der Waals surface area contributed by atoms with Crippen molar-refractivity contribution in [3.8, 4) is 5.75 Å². The van der Waals surface area contributed by atoms with Gasteiger partial charge in [0.25, 0.3) is 5.91 Å². The molecular weight excluding hydrogens is 445 g/mol. The zero-order valence-electron chi connectivity index (χ0n) is 17.5. The van der Waals surface area contributed by atoms with Gasteiger partial charge in [0.2, 0.25) is 5.43 Å². The summed E-state index contributed by atoms with van der Waals surface area (Å²) in [5.41, 5.74) is 1.50. The van der Waals surface area contributed by atoms with E-state index in [0.29, 0.717) is 24.5 Å². The summed E-state index contributed by atoms with van der Waals surface area (Å²) >= 11 is 1.63. The van der Waals surface area contributed by atoms with E-state index in [4.69, 9.17) is 4.74 Å². The summed E-state index contributed by atoms with van der Waals surface area (Å²) in [5, 5.41) is 12.5. The predicted octanol–water partition coefficient (Wildman–Crippen LogP) is 2.84. The molecule has 0 spiro atoms. The largest absolute Gasteiger partial charge is 0.502 e. The Balaban J connectivity index is 1.68. The van der Waals surface area contributed by atoms with Crippen molar-refractivity contribution in [2.45, 2.75) is 22.9 Å². The molecule has 0 radical (unpaired) electrons. The number of carbonyl (C=O) groups excluding carboxylic acids is 1. The monoisotopic (exact) mass is 465 g/mol. The first-order chi connectivity index (χ1) is 16.1. The molecule has 2 atom stereocenters. The number of aromatic nitrogens is 1. The molecule has 0 saturated carbocycles. The first kappa shape index (κ1) is 20.3. The van der Waals surface area contributed by atoms with Crippen LogP contribution in [-0.2, 0) is 10.5 Å². The number of amides is 1. The number of hydrogen-bond acceptors (Lipinski definition) is 6. The van der Waals surface area contributed by atoms with E-state index in [1.54, 1.807) is 22.7 Å². The highest BCUT2D eigenvalue weighted by molar-refractivity contribution is 7.98. The lowest BCUT2D eigenvalue weighted by molar-refractivity contribution is -0.0198. The number of halogens is 1. The molecule has 7 nitrogen and oxygen atoms in total. The van der Waals surface area contributed by atoms with Crippen molar-refractivity contribution in [2.75, 3.05) is 24.8 Å². The second kappa shape index (κ2) is 7.64. The van der Waals surface area contributed by atoms with Crippen LogP contribution in [0.1, 0.15) is 33.2 Å². The highest BCUT2D eigenvalue weighted by Crippen LogP contribution is 2.45. The van der Waals surface area contributed by atoms with Crippen molar-refractivity contribution in [3.63, 3.8) is 0 Å². The van der Waals surface area contributed by atoms with E-state index < -0.39 is 29.3 Å². The zero-order chi connectivity index (χ0) is 22.7. The van der Waals surface area contributed by atoms with Crippen molar-refractivity contribution in [3.05, 3.63) is 93.2 Å². The van der Waals surface area contributed by atoms with E-state index in [0.717, 1.165) is 16.0 Å². The molecule has 2 aromatic carbocycles. The van der Waals surface area contributed by atoms with Gasteiger partial charge in [0.15, 0.2) is 11.4 Å². The number of rotatable bonds is 1. The van der Waals surface area contributed by atoms with Crippen LogP contribution in [-0.4, -0.2) is 46.5 Å². The Hall–Kier alpha value is -3.30. The molecule has 0 unspecified atom stereocenters. The molecule has 168 valence electrons. The quantitative estimate of drug-likeness (QED) is 0.596. The van der Waals surface area contributed by atoms with Crippen LogP contribution in [0.3, 0.4) is 0 Å². The second-order valence-electron chi connectivity index (χ2n) is 8.20. The standard InChI is InChI=1S/C24H20FN3O4S/c25-16-6-3-4-14-13-33-18-7-2-1-5-15(18)21(20(14)16)28-19-12-32-11-10-26(19)24(31)22-23(30)17(29)8-9-27(22)28/h1-9,19,21,30H,10-13H2/t19-,21-/m1/s1. The van der Waals surface area contributed by atoms with Crippen LogP contribution in [0.25, 0.3) is 0 Å². The zero-order valence-corrected chi connectivity index (χ0v) is 18.3. The van der Waals surface area contributed by atoms with E-state index in [1.165, 1.54) is 23.0 Å². The van der Waals surface area contributed by atoms with Crippen LogP contribution in [0.15, 0.2) is 64.4 Å². The molecule has 4 heterocycles. The number of aromatic hydroxyl groups is 1. The number of pyridine rings is 1. The van der Waals surface area contributed by atoms with Crippen molar-refractivity contribution < 1.29 is 19.0 Å². The van der Waals surface area contributed by atoms with Gasteiger partial charge in [-0.05, 0) is 23.3 Å². The Morgan fingerprint density at radius 2 is 1.94 bits per heavy atom. The molecule has 3 aromatic rings. The Morgan fingerprint density at radius 1 is 1.09 bits per heavy atom. The van der Waals surface area contributed by atoms with Crippen LogP contribution in [0.5, 0.6) is 5.75 Å². The topological polar surface area (TPSA) is 75.0 Å². The van der Waals surface area contributed by atoms with Crippen molar-refractivity contribution in [2.24, 2.45) is 0 Å².